The van der Waals surface area contributed by atoms with Crippen LogP contribution in [-0.4, -0.2) is 17.6 Å². The predicted molar refractivity (Wildman–Crippen MR) is 52.6 cm³/mol. The third-order valence-corrected chi connectivity index (χ3v) is 1.91. The maximum Gasteiger partial charge on any atom is 0.289 e. The summed E-state index contributed by atoms with van der Waals surface area (Å²) in [7, 11) is 0. The van der Waals surface area contributed by atoms with Gasteiger partial charge in [-0.25, -0.2) is 13.2 Å². The summed E-state index contributed by atoms with van der Waals surface area (Å²) in [4.78, 5) is 0. The largest absolute Gasteiger partial charge is 0.390 e. The Balaban J connectivity index is 0.00000196. The highest BCUT2D eigenvalue weighted by molar-refractivity contribution is 5.85. The molecule has 0 aliphatic heterocycles. The number of alkyl halides is 2. The molecule has 0 bridgehead atoms. The third kappa shape index (κ3) is 3.09. The Labute approximate surface area is 91.3 Å². The molecule has 1 aromatic carbocycles. The first-order valence-corrected chi connectivity index (χ1v) is 3.97. The Morgan fingerprint density at radius 3 is 2.33 bits per heavy atom. The van der Waals surface area contributed by atoms with E-state index < -0.39 is 24.4 Å². The Bertz CT molecular complexity index is 322. The molecule has 0 amide bonds. The van der Waals surface area contributed by atoms with Crippen LogP contribution in [0.2, 0.25) is 0 Å². The molecule has 1 atom stereocenters. The van der Waals surface area contributed by atoms with Crippen LogP contribution in [0.4, 0.5) is 13.2 Å². The lowest BCUT2D eigenvalue weighted by molar-refractivity contribution is -0.0718. The van der Waals surface area contributed by atoms with Gasteiger partial charge in [0, 0.05) is 5.56 Å². The molecule has 0 fully saturated rings. The smallest absolute Gasteiger partial charge is 0.289 e. The van der Waals surface area contributed by atoms with Gasteiger partial charge < -0.3 is 10.8 Å². The maximum absolute atomic E-state index is 13.0. The molecule has 0 aromatic heterocycles. The number of hydrogen-bond acceptors (Lipinski definition) is 2. The standard InChI is InChI=1S/C9H10F3NO.ClH/c10-7-4-2-1-3-6(7)8(13)9(11,12)5-14;/h1-4,8,14H,5,13H2;1H/t8-;/m1./s1. The highest BCUT2D eigenvalue weighted by Crippen LogP contribution is 2.29. The molecule has 1 rings (SSSR count). The Morgan fingerprint density at radius 1 is 1.33 bits per heavy atom. The molecule has 0 aliphatic carbocycles. The first-order chi connectivity index (χ1) is 6.49. The van der Waals surface area contributed by atoms with Crippen molar-refractivity contribution in [1.82, 2.24) is 0 Å². The normalized spacial score (nSPS) is 13.1. The number of rotatable bonds is 3. The van der Waals surface area contributed by atoms with Crippen LogP contribution >= 0.6 is 12.4 Å². The summed E-state index contributed by atoms with van der Waals surface area (Å²) in [6, 6.07) is 3.18. The molecule has 0 saturated carbocycles. The minimum absolute atomic E-state index is 0. The van der Waals surface area contributed by atoms with E-state index in [0.29, 0.717) is 0 Å². The molecule has 86 valence electrons. The van der Waals surface area contributed by atoms with E-state index in [2.05, 4.69) is 0 Å². The molecule has 0 heterocycles. The topological polar surface area (TPSA) is 46.2 Å². The van der Waals surface area contributed by atoms with Crippen molar-refractivity contribution in [3.8, 4) is 0 Å². The molecule has 2 nitrogen and oxygen atoms in total. The lowest BCUT2D eigenvalue weighted by Crippen LogP contribution is -2.36. The van der Waals surface area contributed by atoms with Crippen LogP contribution in [-0.2, 0) is 0 Å². The van der Waals surface area contributed by atoms with Crippen LogP contribution in [0.15, 0.2) is 24.3 Å². The average molecular weight is 242 g/mol. The lowest BCUT2D eigenvalue weighted by atomic mass is 10.0. The van der Waals surface area contributed by atoms with Crippen molar-refractivity contribution >= 4 is 12.4 Å². The molecule has 1 aromatic rings. The fourth-order valence-electron chi connectivity index (χ4n) is 1.05. The summed E-state index contributed by atoms with van der Waals surface area (Å²) < 4.78 is 38.8. The third-order valence-electron chi connectivity index (χ3n) is 1.91. The molecular formula is C9H11ClF3NO. The van der Waals surface area contributed by atoms with Crippen LogP contribution < -0.4 is 5.73 Å². The van der Waals surface area contributed by atoms with Crippen LogP contribution in [0.3, 0.4) is 0 Å². The van der Waals surface area contributed by atoms with Crippen LogP contribution in [0.5, 0.6) is 0 Å². The molecule has 15 heavy (non-hydrogen) atoms. The zero-order valence-electron chi connectivity index (χ0n) is 7.66. The van der Waals surface area contributed by atoms with Crippen molar-refractivity contribution in [2.24, 2.45) is 5.73 Å². The molecule has 0 radical (unpaired) electrons. The second kappa shape index (κ2) is 5.34. The van der Waals surface area contributed by atoms with Gasteiger partial charge in [0.25, 0.3) is 5.92 Å². The van der Waals surface area contributed by atoms with Gasteiger partial charge in [0.2, 0.25) is 0 Å². The van der Waals surface area contributed by atoms with Crippen LogP contribution in [0.25, 0.3) is 0 Å². The number of benzene rings is 1. The van der Waals surface area contributed by atoms with Crippen molar-refractivity contribution in [3.05, 3.63) is 35.6 Å². The Hall–Kier alpha value is -0.780. The number of halogens is 4. The first-order valence-electron chi connectivity index (χ1n) is 3.97. The summed E-state index contributed by atoms with van der Waals surface area (Å²) in [6.45, 7) is -1.40. The molecule has 6 heteroatoms. The fraction of sp³-hybridized carbons (Fsp3) is 0.333. The van der Waals surface area contributed by atoms with Crippen molar-refractivity contribution in [1.29, 1.82) is 0 Å². The summed E-state index contributed by atoms with van der Waals surface area (Å²) >= 11 is 0. The molecule has 0 spiro atoms. The minimum atomic E-state index is -3.51. The van der Waals surface area contributed by atoms with E-state index in [1.165, 1.54) is 18.2 Å². The number of aliphatic hydroxyl groups excluding tert-OH is 1. The molecular weight excluding hydrogens is 231 g/mol. The van der Waals surface area contributed by atoms with Gasteiger partial charge in [-0.2, -0.15) is 0 Å². The van der Waals surface area contributed by atoms with Gasteiger partial charge in [-0.3, -0.25) is 0 Å². The van der Waals surface area contributed by atoms with Crippen LogP contribution in [0, 0.1) is 5.82 Å². The SMILES string of the molecule is Cl.N[C@H](c1ccccc1F)C(F)(F)CO. The fourth-order valence-corrected chi connectivity index (χ4v) is 1.05. The minimum Gasteiger partial charge on any atom is -0.390 e. The highest BCUT2D eigenvalue weighted by Gasteiger charge is 2.38. The number of aliphatic hydroxyl groups is 1. The summed E-state index contributed by atoms with van der Waals surface area (Å²) in [5.41, 5.74) is 4.83. The van der Waals surface area contributed by atoms with E-state index in [-0.39, 0.29) is 18.0 Å². The van der Waals surface area contributed by atoms with Gasteiger partial charge in [0.15, 0.2) is 0 Å². The van der Waals surface area contributed by atoms with E-state index in [1.54, 1.807) is 0 Å². The first kappa shape index (κ1) is 14.2. The van der Waals surface area contributed by atoms with Crippen molar-refractivity contribution < 1.29 is 18.3 Å². The predicted octanol–water partition coefficient (Wildman–Crippen LogP) is 1.87. The van der Waals surface area contributed by atoms with Gasteiger partial charge in [0.1, 0.15) is 12.4 Å². The van der Waals surface area contributed by atoms with Gasteiger partial charge in [0.05, 0.1) is 6.04 Å². The van der Waals surface area contributed by atoms with Gasteiger partial charge >= 0.3 is 0 Å². The number of nitrogens with two attached hydrogens (primary N) is 1. The van der Waals surface area contributed by atoms with Gasteiger partial charge in [-0.1, -0.05) is 18.2 Å². The molecule has 0 aliphatic rings. The summed E-state index contributed by atoms with van der Waals surface area (Å²) in [5, 5.41) is 8.36. The van der Waals surface area contributed by atoms with Gasteiger partial charge in [-0.15, -0.1) is 12.4 Å². The second-order valence-corrected chi connectivity index (χ2v) is 2.92. The molecule has 0 unspecified atom stereocenters. The van der Waals surface area contributed by atoms with E-state index in [1.807, 2.05) is 0 Å². The maximum atomic E-state index is 13.0. The summed E-state index contributed by atoms with van der Waals surface area (Å²) in [6.07, 6.45) is 0. The van der Waals surface area contributed by atoms with Gasteiger partial charge in [-0.05, 0) is 6.07 Å². The van der Waals surface area contributed by atoms with E-state index >= 15 is 0 Å². The Morgan fingerprint density at radius 2 is 1.87 bits per heavy atom. The summed E-state index contributed by atoms with van der Waals surface area (Å²) in [5.74, 6) is -4.31. The van der Waals surface area contributed by atoms with Crippen molar-refractivity contribution in [3.63, 3.8) is 0 Å². The zero-order chi connectivity index (χ0) is 10.8. The quantitative estimate of drug-likeness (QED) is 0.849. The average Bonchev–Trinajstić information content (AvgIpc) is 2.17. The zero-order valence-corrected chi connectivity index (χ0v) is 8.48. The lowest BCUT2D eigenvalue weighted by Gasteiger charge is -2.21. The van der Waals surface area contributed by atoms with Crippen LogP contribution in [0.1, 0.15) is 11.6 Å². The van der Waals surface area contributed by atoms with E-state index in [4.69, 9.17) is 10.8 Å². The monoisotopic (exact) mass is 241 g/mol. The van der Waals surface area contributed by atoms with Crippen molar-refractivity contribution in [2.75, 3.05) is 6.61 Å². The van der Waals surface area contributed by atoms with E-state index in [0.717, 1.165) is 6.07 Å². The molecule has 0 saturated heterocycles. The van der Waals surface area contributed by atoms with Crippen molar-refractivity contribution in [2.45, 2.75) is 12.0 Å². The highest BCUT2D eigenvalue weighted by atomic mass is 35.5. The van der Waals surface area contributed by atoms with E-state index in [9.17, 15) is 13.2 Å². The number of hydrogen-bond donors (Lipinski definition) is 2. The Kier molecular flexibility index (Phi) is 5.07. The second-order valence-electron chi connectivity index (χ2n) is 2.92. The molecule has 3 N–H and O–H groups in total.